The van der Waals surface area contributed by atoms with E-state index in [1.54, 1.807) is 142 Å². The Kier molecular flexibility index (Phi) is 29.3. The molecular formula is C86H166. The van der Waals surface area contributed by atoms with Gasteiger partial charge in [-0.15, -0.1) is 0 Å². The number of rotatable bonds is 2. The molecule has 0 radical (unpaired) electrons. The molecule has 0 aromatic carbocycles. The van der Waals surface area contributed by atoms with Crippen LogP contribution in [0, 0.1) is 114 Å². The van der Waals surface area contributed by atoms with E-state index < -0.39 is 12.7 Å². The molecule has 86 heavy (non-hydrogen) atoms. The van der Waals surface area contributed by atoms with Crippen LogP contribution in [0.25, 0.3) is 0 Å². The van der Waals surface area contributed by atoms with E-state index in [1.807, 2.05) is 62.3 Å². The van der Waals surface area contributed by atoms with Crippen LogP contribution < -0.4 is 0 Å². The fourth-order valence-electron chi connectivity index (χ4n) is 19.8. The van der Waals surface area contributed by atoms with E-state index in [4.69, 9.17) is 8.22 Å². The Hall–Kier alpha value is 0. The van der Waals surface area contributed by atoms with Crippen LogP contribution in [0.5, 0.6) is 0 Å². The zero-order chi connectivity index (χ0) is 69.5. The lowest BCUT2D eigenvalue weighted by Crippen LogP contribution is -2.45. The molecule has 0 saturated heterocycles. The van der Waals surface area contributed by atoms with E-state index in [0.717, 1.165) is 93.2 Å². The van der Waals surface area contributed by atoms with Crippen molar-refractivity contribution in [2.45, 2.75) is 435 Å². The van der Waals surface area contributed by atoms with Gasteiger partial charge < -0.3 is 0 Å². The highest BCUT2D eigenvalue weighted by atomic mass is 14.6. The summed E-state index contributed by atoms with van der Waals surface area (Å²) in [5.74, 6) is 9.77. The highest BCUT2D eigenvalue weighted by Gasteiger charge is 2.50. The van der Waals surface area contributed by atoms with Gasteiger partial charge in [-0.25, -0.2) is 0 Å². The minimum atomic E-state index is -1.06. The molecule has 15 fully saturated rings. The van der Waals surface area contributed by atoms with Crippen LogP contribution in [0.1, 0.15) is 443 Å². The van der Waals surface area contributed by atoms with E-state index in [-0.39, 0.29) is 23.1 Å². The summed E-state index contributed by atoms with van der Waals surface area (Å²) in [6.07, 6.45) is 61.4. The fourth-order valence-corrected chi connectivity index (χ4v) is 19.8. The molecule has 0 aromatic heterocycles. The summed E-state index contributed by atoms with van der Waals surface area (Å²) in [4.78, 5) is 0. The van der Waals surface area contributed by atoms with Gasteiger partial charge in [-0.05, 0) is 281 Å². The molecule has 8 bridgehead atoms. The monoisotopic (exact) mass is 1210 g/mol. The molecule has 15 aliphatic carbocycles. The Morgan fingerprint density at radius 2 is 0.663 bits per heavy atom. The second-order valence-corrected chi connectivity index (χ2v) is 39.1. The van der Waals surface area contributed by atoms with Gasteiger partial charge in [0.2, 0.25) is 0 Å². The molecule has 15 aliphatic rings. The molecule has 0 N–H and O–H groups in total. The van der Waals surface area contributed by atoms with E-state index in [2.05, 4.69) is 76.2 Å². The van der Waals surface area contributed by atoms with Gasteiger partial charge in [0.25, 0.3) is 0 Å². The van der Waals surface area contributed by atoms with E-state index in [1.165, 1.54) is 128 Å². The lowest BCUT2D eigenvalue weighted by molar-refractivity contribution is -0.0545. The summed E-state index contributed by atoms with van der Waals surface area (Å²) >= 11 is 0. The third-order valence-electron chi connectivity index (χ3n) is 25.3. The van der Waals surface area contributed by atoms with Gasteiger partial charge in [0.15, 0.2) is 0 Å². The average molecular weight is 1210 g/mol. The van der Waals surface area contributed by atoms with Crippen molar-refractivity contribution >= 4 is 0 Å². The molecule has 0 atom stereocenters. The third-order valence-corrected chi connectivity index (χ3v) is 25.3. The van der Waals surface area contributed by atoms with Crippen molar-refractivity contribution in [3.63, 3.8) is 0 Å². The quantitative estimate of drug-likeness (QED) is 0.259. The Morgan fingerprint density at radius 1 is 0.407 bits per heavy atom. The van der Waals surface area contributed by atoms with Crippen molar-refractivity contribution in [2.24, 2.45) is 114 Å². The zero-order valence-electron chi connectivity index (χ0n) is 69.5. The van der Waals surface area contributed by atoms with Gasteiger partial charge in [-0.3, -0.25) is 0 Å². The molecule has 0 unspecified atom stereocenters. The summed E-state index contributed by atoms with van der Waals surface area (Å²) in [7, 11) is 0. The smallest absolute Gasteiger partial charge is 0.0300 e. The Bertz CT molecular complexity index is 1860. The highest BCUT2D eigenvalue weighted by molar-refractivity contribution is 5.01. The van der Waals surface area contributed by atoms with Gasteiger partial charge in [0, 0.05) is 8.22 Å². The standard InChI is InChI=1S/C14H26.C12H20.C12H22.C11H18.C11H20.C6H12.C6H14.2C5H12.C4H10/c1-12-4-6-14(7-5-12)10-8-13(2,3)9-11-14;1-2-12-6-9-3-10(7-12)5-11(4-9)8-12;1-11-5-9-12(10-6-11)7-3-2-4-8-12;1-11-5-8-2-9(6-11)4-10(3-8)7-11;1-10-4-8-11(9-5-10)6-2-3-7-11;1-6-4-2-3-5-6;1-5-6(2,3)4;1-5(2,3)4;1-4-5(2)3;1-4(2)3/h12H,4-11H2,1-3H3;9-11H,2-8H2,1H3;11H,2-10H2,1H3;8-10H,2-7H2,1H3;10H,2-9H2,1H3;6H,2-5H2,1H3;5H2,1-4H3;1-4H3;5H,4H2,1-3H3;4H,1-3H3/i;;;;;6D;5D2;;4D2;4D. The van der Waals surface area contributed by atoms with Crippen LogP contribution in [0.4, 0.5) is 0 Å². The van der Waals surface area contributed by atoms with E-state index in [0.29, 0.717) is 10.8 Å². The first kappa shape index (κ1) is 68.8. The molecule has 0 aromatic rings. The second-order valence-electron chi connectivity index (χ2n) is 39.1. The largest absolute Gasteiger partial charge is 0.0651 e. The maximum absolute atomic E-state index is 7.49. The maximum Gasteiger partial charge on any atom is 0.0300 e. The average Bonchev–Trinajstić information content (AvgIpc) is 0.783. The maximum atomic E-state index is 7.49. The van der Waals surface area contributed by atoms with Crippen molar-refractivity contribution in [3.05, 3.63) is 0 Å². The van der Waals surface area contributed by atoms with Gasteiger partial charge in [0.05, 0.1) is 0 Å². The van der Waals surface area contributed by atoms with Gasteiger partial charge in [-0.2, -0.15) is 0 Å². The van der Waals surface area contributed by atoms with Gasteiger partial charge in [0.1, 0.15) is 0 Å². The fraction of sp³-hybridized carbons (Fsp3) is 1.00. The van der Waals surface area contributed by atoms with Crippen LogP contribution in [-0.4, -0.2) is 0 Å². The normalized spacial score (nSPS) is 35.2. The molecule has 0 amide bonds. The van der Waals surface area contributed by atoms with Gasteiger partial charge in [-0.1, -0.05) is 268 Å². The summed E-state index contributed by atoms with van der Waals surface area (Å²) in [5.41, 5.74) is 5.05. The SMILES string of the molecule is CC(C)(C)C.CC12CC3CC(CC(C3)C1)C2.CC1CCC2(CC1)CCC(C)(C)CC2.CC1CCC2(CCCC2)CC1.CC1CCC2(CCCCC2)CC1.CCC12CC3CC(CC(C3)C1)C2.[2H]C(C)(C)C.[2H]C([2H])(C)C(C)(C)C.[2H]C([2H])(C)C(C)C.[2H]C1(C)CCCC1. The molecule has 15 saturated carbocycles. The first-order chi connectivity index (χ1) is 42.1. The van der Waals surface area contributed by atoms with Crippen LogP contribution in [0.3, 0.4) is 0 Å². The van der Waals surface area contributed by atoms with Crippen molar-refractivity contribution in [1.82, 2.24) is 0 Å². The van der Waals surface area contributed by atoms with Crippen LogP contribution in [-0.2, 0) is 0 Å². The predicted octanol–water partition coefficient (Wildman–Crippen LogP) is 29.9. The summed E-state index contributed by atoms with van der Waals surface area (Å²) in [6, 6.07) is 0. The zero-order valence-corrected chi connectivity index (χ0v) is 63.5. The topological polar surface area (TPSA) is 0 Å². The van der Waals surface area contributed by atoms with Crippen molar-refractivity contribution in [2.75, 3.05) is 0 Å². The highest BCUT2D eigenvalue weighted by Crippen LogP contribution is 2.62. The lowest BCUT2D eigenvalue weighted by atomic mass is 9.49. The first-order valence-corrected chi connectivity index (χ1v) is 39.1. The first-order valence-electron chi connectivity index (χ1n) is 42.1. The van der Waals surface area contributed by atoms with Crippen LogP contribution in [0.2, 0.25) is 0 Å². The Balaban J connectivity index is 0.000000222. The van der Waals surface area contributed by atoms with Crippen molar-refractivity contribution < 1.29 is 8.22 Å². The number of hydrogen-bond acceptors (Lipinski definition) is 0. The molecule has 0 heterocycles. The summed E-state index contributed by atoms with van der Waals surface area (Å²) in [6.45, 7) is 46.1. The summed E-state index contributed by atoms with van der Waals surface area (Å²) < 4.78 is 43.0. The predicted molar refractivity (Wildman–Crippen MR) is 389 cm³/mol. The molecule has 0 aliphatic heterocycles. The van der Waals surface area contributed by atoms with Crippen LogP contribution >= 0.6 is 0 Å². The van der Waals surface area contributed by atoms with E-state index >= 15 is 0 Å². The molecule has 15 rings (SSSR count). The van der Waals surface area contributed by atoms with Crippen molar-refractivity contribution in [3.8, 4) is 0 Å². The minimum absolute atomic E-state index is 0.0556. The third kappa shape index (κ3) is 30.4. The lowest BCUT2D eigenvalue weighted by Gasteiger charge is -2.56. The molecule has 0 heteroatoms. The second kappa shape index (κ2) is 36.6. The number of hydrogen-bond donors (Lipinski definition) is 0. The summed E-state index contributed by atoms with van der Waals surface area (Å²) in [5, 5.41) is 0. The Labute approximate surface area is 554 Å². The molecule has 0 nitrogen and oxygen atoms in total. The van der Waals surface area contributed by atoms with Crippen LogP contribution in [0.15, 0.2) is 0 Å². The minimum Gasteiger partial charge on any atom is -0.0651 e. The Morgan fingerprint density at radius 3 is 0.884 bits per heavy atom. The van der Waals surface area contributed by atoms with E-state index in [9.17, 15) is 0 Å². The van der Waals surface area contributed by atoms with Gasteiger partial charge >= 0.3 is 0 Å². The van der Waals surface area contributed by atoms with Crippen molar-refractivity contribution in [1.29, 1.82) is 0 Å². The molecular weight excluding hydrogens is 1030 g/mol. The molecule has 510 valence electrons. The molecule has 3 spiro atoms.